The number of Topliss-reactive ketones (excluding diaryl/α,β-unsaturated/α-hetero) is 1. The summed E-state index contributed by atoms with van der Waals surface area (Å²) in [6.45, 7) is 12.0. The topological polar surface area (TPSA) is 17.1 Å². The molecule has 0 unspecified atom stereocenters. The molecular weight excluding hydrogens is 196 g/mol. The summed E-state index contributed by atoms with van der Waals surface area (Å²) in [5.74, 6) is 0.174. The van der Waals surface area contributed by atoms with Crippen molar-refractivity contribution in [1.29, 1.82) is 0 Å². The monoisotopic (exact) mass is 220 g/mol. The van der Waals surface area contributed by atoms with E-state index >= 15 is 0 Å². The first-order chi connectivity index (χ1) is 7.60. The van der Waals surface area contributed by atoms with E-state index in [9.17, 15) is 4.79 Å². The summed E-state index contributed by atoms with van der Waals surface area (Å²) >= 11 is 0. The third-order valence-corrected chi connectivity index (χ3v) is 2.70. The van der Waals surface area contributed by atoms with Crippen molar-refractivity contribution < 1.29 is 4.79 Å². The molecule has 16 heavy (non-hydrogen) atoms. The molecule has 1 heteroatoms. The molecule has 0 aliphatic heterocycles. The Bertz CT molecular complexity index is 351. The lowest BCUT2D eigenvalue weighted by molar-refractivity contribution is 0.101. The molecular formula is C15H24O. The van der Waals surface area contributed by atoms with Crippen molar-refractivity contribution in [3.05, 3.63) is 34.4 Å². The van der Waals surface area contributed by atoms with E-state index in [1.54, 1.807) is 6.92 Å². The summed E-state index contributed by atoms with van der Waals surface area (Å²) in [5, 5.41) is 0. The van der Waals surface area contributed by atoms with E-state index in [1.807, 2.05) is 19.9 Å². The number of hydrogen-bond donors (Lipinski definition) is 0. The molecule has 1 aromatic carbocycles. The van der Waals surface area contributed by atoms with E-state index in [4.69, 9.17) is 0 Å². The molecule has 0 aliphatic rings. The van der Waals surface area contributed by atoms with Crippen LogP contribution in [0.4, 0.5) is 0 Å². The Morgan fingerprint density at radius 1 is 1.06 bits per heavy atom. The van der Waals surface area contributed by atoms with Gasteiger partial charge in [-0.3, -0.25) is 4.79 Å². The summed E-state index contributed by atoms with van der Waals surface area (Å²) in [4.78, 5) is 11.4. The van der Waals surface area contributed by atoms with Gasteiger partial charge in [0.2, 0.25) is 0 Å². The first-order valence-electron chi connectivity index (χ1n) is 6.23. The van der Waals surface area contributed by atoms with Crippen LogP contribution in [0.2, 0.25) is 0 Å². The number of carbonyl (C=O) groups excluding carboxylic acids is 1. The normalized spacial score (nSPS) is 9.38. The molecule has 0 N–H and O–H groups in total. The molecule has 1 rings (SSSR count). The zero-order valence-electron chi connectivity index (χ0n) is 11.5. The first-order valence-corrected chi connectivity index (χ1v) is 6.23. The van der Waals surface area contributed by atoms with Gasteiger partial charge in [0, 0.05) is 5.56 Å². The summed E-state index contributed by atoms with van der Waals surface area (Å²) in [6.07, 6.45) is 1.97. The average molecular weight is 220 g/mol. The standard InChI is InChI=1S/C13H18O.C2H6/c1-5-11-8-12(6-2)13(10(4)14)7-9(11)3;1-2/h7-8H,5-6H2,1-4H3;1-2H3. The molecule has 0 saturated heterocycles. The molecule has 0 heterocycles. The van der Waals surface area contributed by atoms with Crippen molar-refractivity contribution in [2.24, 2.45) is 0 Å². The quantitative estimate of drug-likeness (QED) is 0.692. The second kappa shape index (κ2) is 7.21. The minimum Gasteiger partial charge on any atom is -0.295 e. The van der Waals surface area contributed by atoms with E-state index < -0.39 is 0 Å². The van der Waals surface area contributed by atoms with E-state index in [0.717, 1.165) is 18.4 Å². The van der Waals surface area contributed by atoms with Crippen molar-refractivity contribution in [2.75, 3.05) is 0 Å². The summed E-state index contributed by atoms with van der Waals surface area (Å²) < 4.78 is 0. The smallest absolute Gasteiger partial charge is 0.160 e. The minimum atomic E-state index is 0.174. The van der Waals surface area contributed by atoms with Crippen LogP contribution in [0.5, 0.6) is 0 Å². The molecule has 0 saturated carbocycles. The van der Waals surface area contributed by atoms with Gasteiger partial charge >= 0.3 is 0 Å². The first kappa shape index (κ1) is 14.9. The van der Waals surface area contributed by atoms with Crippen molar-refractivity contribution in [3.63, 3.8) is 0 Å². The zero-order valence-corrected chi connectivity index (χ0v) is 11.5. The van der Waals surface area contributed by atoms with Crippen LogP contribution >= 0.6 is 0 Å². The molecule has 0 radical (unpaired) electrons. The third kappa shape index (κ3) is 3.48. The molecule has 0 amide bonds. The molecule has 0 aromatic heterocycles. The van der Waals surface area contributed by atoms with Crippen LogP contribution < -0.4 is 0 Å². The predicted octanol–water partition coefficient (Wildman–Crippen LogP) is 4.35. The maximum atomic E-state index is 11.4. The SMILES string of the molecule is CC.CCc1cc(CC)c(C(C)=O)cc1C. The number of ketones is 1. The molecule has 1 nitrogen and oxygen atoms in total. The lowest BCUT2D eigenvalue weighted by atomic mass is 9.94. The van der Waals surface area contributed by atoms with Gasteiger partial charge in [-0.25, -0.2) is 0 Å². The Balaban J connectivity index is 0.00000106. The van der Waals surface area contributed by atoms with Gasteiger partial charge in [-0.15, -0.1) is 0 Å². The van der Waals surface area contributed by atoms with Gasteiger partial charge in [0.1, 0.15) is 0 Å². The number of hydrogen-bond acceptors (Lipinski definition) is 1. The second-order valence-corrected chi connectivity index (χ2v) is 3.70. The van der Waals surface area contributed by atoms with E-state index in [-0.39, 0.29) is 5.78 Å². The van der Waals surface area contributed by atoms with Gasteiger partial charge in [-0.05, 0) is 49.4 Å². The van der Waals surface area contributed by atoms with Crippen LogP contribution in [0.25, 0.3) is 0 Å². The number of aryl methyl sites for hydroxylation is 3. The molecule has 0 aliphatic carbocycles. The van der Waals surface area contributed by atoms with Crippen LogP contribution in [0.1, 0.15) is 61.7 Å². The van der Waals surface area contributed by atoms with Gasteiger partial charge in [0.15, 0.2) is 5.78 Å². The summed E-state index contributed by atoms with van der Waals surface area (Å²) in [7, 11) is 0. The highest BCUT2D eigenvalue weighted by molar-refractivity contribution is 5.95. The fourth-order valence-corrected chi connectivity index (χ4v) is 1.80. The van der Waals surface area contributed by atoms with Crippen LogP contribution in [0.15, 0.2) is 12.1 Å². The van der Waals surface area contributed by atoms with Crippen LogP contribution in [-0.2, 0) is 12.8 Å². The van der Waals surface area contributed by atoms with E-state index in [1.165, 1.54) is 16.7 Å². The molecule has 0 spiro atoms. The fourth-order valence-electron chi connectivity index (χ4n) is 1.80. The zero-order chi connectivity index (χ0) is 12.7. The number of rotatable bonds is 3. The molecule has 90 valence electrons. The number of benzene rings is 1. The summed E-state index contributed by atoms with van der Waals surface area (Å²) in [6, 6.07) is 4.20. The Morgan fingerprint density at radius 3 is 1.94 bits per heavy atom. The molecule has 1 aromatic rings. The van der Waals surface area contributed by atoms with Crippen molar-refractivity contribution in [1.82, 2.24) is 0 Å². The highest BCUT2D eigenvalue weighted by atomic mass is 16.1. The number of carbonyl (C=O) groups is 1. The van der Waals surface area contributed by atoms with Gasteiger partial charge in [-0.1, -0.05) is 33.8 Å². The Kier molecular flexibility index (Phi) is 6.71. The highest BCUT2D eigenvalue weighted by Gasteiger charge is 2.08. The second-order valence-electron chi connectivity index (χ2n) is 3.70. The maximum Gasteiger partial charge on any atom is 0.160 e. The van der Waals surface area contributed by atoms with Crippen LogP contribution in [0.3, 0.4) is 0 Å². The van der Waals surface area contributed by atoms with Crippen molar-refractivity contribution in [2.45, 2.75) is 54.4 Å². The van der Waals surface area contributed by atoms with Gasteiger partial charge in [0.25, 0.3) is 0 Å². The summed E-state index contributed by atoms with van der Waals surface area (Å²) in [5.41, 5.74) is 4.66. The third-order valence-electron chi connectivity index (χ3n) is 2.70. The minimum absolute atomic E-state index is 0.174. The van der Waals surface area contributed by atoms with Crippen LogP contribution in [0, 0.1) is 6.92 Å². The predicted molar refractivity (Wildman–Crippen MR) is 71.3 cm³/mol. The van der Waals surface area contributed by atoms with Gasteiger partial charge in [-0.2, -0.15) is 0 Å². The molecule has 0 bridgehead atoms. The van der Waals surface area contributed by atoms with Crippen LogP contribution in [-0.4, -0.2) is 5.78 Å². The largest absolute Gasteiger partial charge is 0.295 e. The van der Waals surface area contributed by atoms with Crippen molar-refractivity contribution in [3.8, 4) is 0 Å². The fraction of sp³-hybridized carbons (Fsp3) is 0.533. The average Bonchev–Trinajstić information content (AvgIpc) is 2.31. The lowest BCUT2D eigenvalue weighted by Crippen LogP contribution is -2.02. The Labute approximate surface area is 99.9 Å². The maximum absolute atomic E-state index is 11.4. The van der Waals surface area contributed by atoms with Gasteiger partial charge in [0.05, 0.1) is 0 Å². The lowest BCUT2D eigenvalue weighted by Gasteiger charge is -2.10. The van der Waals surface area contributed by atoms with Crippen molar-refractivity contribution >= 4 is 5.78 Å². The Morgan fingerprint density at radius 2 is 1.56 bits per heavy atom. The van der Waals surface area contributed by atoms with Gasteiger partial charge < -0.3 is 0 Å². The highest BCUT2D eigenvalue weighted by Crippen LogP contribution is 2.18. The van der Waals surface area contributed by atoms with E-state index in [0.29, 0.717) is 0 Å². The van der Waals surface area contributed by atoms with E-state index in [2.05, 4.69) is 26.8 Å². The molecule has 0 atom stereocenters. The Hall–Kier alpha value is -1.11. The molecule has 0 fully saturated rings.